The number of nitrogens with zero attached hydrogens (tertiary/aromatic N) is 1. The van der Waals surface area contributed by atoms with Gasteiger partial charge in [0.25, 0.3) is 0 Å². The first-order chi connectivity index (χ1) is 8.29. The first kappa shape index (κ1) is 13.4. The summed E-state index contributed by atoms with van der Waals surface area (Å²) in [6.45, 7) is 5.06. The lowest BCUT2D eigenvalue weighted by molar-refractivity contribution is 0.126. The van der Waals surface area contributed by atoms with Crippen LogP contribution in [0.25, 0.3) is 0 Å². The highest BCUT2D eigenvalue weighted by atomic mass is 15.2. The van der Waals surface area contributed by atoms with Gasteiger partial charge in [-0.25, -0.2) is 0 Å². The molecule has 1 saturated carbocycles. The molecule has 0 bridgehead atoms. The van der Waals surface area contributed by atoms with E-state index in [1.165, 1.54) is 64.5 Å². The fourth-order valence-electron chi connectivity index (χ4n) is 3.64. The molecule has 1 saturated heterocycles. The molecule has 2 aliphatic rings. The molecule has 2 heteroatoms. The monoisotopic (exact) mass is 238 g/mol. The zero-order chi connectivity index (χ0) is 12.1. The third-order valence-electron chi connectivity index (χ3n) is 4.97. The fraction of sp³-hybridized carbons (Fsp3) is 1.00. The maximum Gasteiger partial charge on any atom is 0.00910 e. The van der Waals surface area contributed by atoms with Crippen LogP contribution in [0.3, 0.4) is 0 Å². The van der Waals surface area contributed by atoms with Crippen LogP contribution in [0.4, 0.5) is 0 Å². The van der Waals surface area contributed by atoms with Gasteiger partial charge in [0.2, 0.25) is 0 Å². The van der Waals surface area contributed by atoms with Crippen molar-refractivity contribution in [2.75, 3.05) is 20.1 Å². The van der Waals surface area contributed by atoms with Crippen molar-refractivity contribution in [1.82, 2.24) is 10.2 Å². The summed E-state index contributed by atoms with van der Waals surface area (Å²) in [6, 6.07) is 1.54. The average molecular weight is 238 g/mol. The standard InChI is InChI=1S/C15H30N2/c1-13-12-15(16-2)9-11-17(13)10-8-14-6-4-3-5-7-14/h13-16H,3-12H2,1-2H3. The molecule has 1 aliphatic carbocycles. The van der Waals surface area contributed by atoms with Crippen molar-refractivity contribution in [1.29, 1.82) is 0 Å². The number of nitrogens with one attached hydrogen (secondary N) is 1. The van der Waals surface area contributed by atoms with E-state index in [0.29, 0.717) is 0 Å². The zero-order valence-electron chi connectivity index (χ0n) is 11.8. The van der Waals surface area contributed by atoms with E-state index in [1.54, 1.807) is 0 Å². The molecular weight excluding hydrogens is 208 g/mol. The second-order valence-corrected chi connectivity index (χ2v) is 6.19. The molecule has 0 radical (unpaired) electrons. The van der Waals surface area contributed by atoms with Crippen LogP contribution in [0.5, 0.6) is 0 Å². The molecule has 0 spiro atoms. The predicted octanol–water partition coefficient (Wildman–Crippen LogP) is 3.03. The van der Waals surface area contributed by atoms with Crippen molar-refractivity contribution >= 4 is 0 Å². The number of likely N-dealkylation sites (tertiary alicyclic amines) is 1. The van der Waals surface area contributed by atoms with Gasteiger partial charge in [0.1, 0.15) is 0 Å². The van der Waals surface area contributed by atoms with Crippen molar-refractivity contribution in [3.05, 3.63) is 0 Å². The van der Waals surface area contributed by atoms with Gasteiger partial charge in [0, 0.05) is 12.1 Å². The van der Waals surface area contributed by atoms with E-state index in [4.69, 9.17) is 0 Å². The van der Waals surface area contributed by atoms with Crippen LogP contribution in [0.1, 0.15) is 58.3 Å². The van der Waals surface area contributed by atoms with E-state index in [9.17, 15) is 0 Å². The first-order valence-corrected chi connectivity index (χ1v) is 7.71. The first-order valence-electron chi connectivity index (χ1n) is 7.71. The second-order valence-electron chi connectivity index (χ2n) is 6.19. The van der Waals surface area contributed by atoms with Crippen LogP contribution < -0.4 is 5.32 Å². The molecule has 0 aromatic rings. The molecule has 0 amide bonds. The fourth-order valence-corrected chi connectivity index (χ4v) is 3.64. The Labute approximate surface area is 107 Å². The Bertz CT molecular complexity index is 211. The van der Waals surface area contributed by atoms with Crippen molar-refractivity contribution in [2.45, 2.75) is 70.4 Å². The largest absolute Gasteiger partial charge is 0.317 e. The molecule has 2 unspecified atom stereocenters. The van der Waals surface area contributed by atoms with Crippen LogP contribution >= 0.6 is 0 Å². The van der Waals surface area contributed by atoms with Crippen LogP contribution in [0.15, 0.2) is 0 Å². The van der Waals surface area contributed by atoms with E-state index in [-0.39, 0.29) is 0 Å². The van der Waals surface area contributed by atoms with Crippen LogP contribution in [0, 0.1) is 5.92 Å². The van der Waals surface area contributed by atoms with Gasteiger partial charge in [-0.1, -0.05) is 32.1 Å². The lowest BCUT2D eigenvalue weighted by Gasteiger charge is -2.38. The maximum absolute atomic E-state index is 3.43. The van der Waals surface area contributed by atoms with Crippen molar-refractivity contribution in [3.8, 4) is 0 Å². The van der Waals surface area contributed by atoms with Gasteiger partial charge in [0.05, 0.1) is 0 Å². The van der Waals surface area contributed by atoms with Gasteiger partial charge >= 0.3 is 0 Å². The Balaban J connectivity index is 1.68. The highest BCUT2D eigenvalue weighted by Gasteiger charge is 2.24. The molecule has 0 aromatic heterocycles. The number of hydrogen-bond donors (Lipinski definition) is 1. The Morgan fingerprint density at radius 2 is 1.88 bits per heavy atom. The molecule has 1 heterocycles. The van der Waals surface area contributed by atoms with Gasteiger partial charge in [-0.15, -0.1) is 0 Å². The molecular formula is C15H30N2. The molecule has 17 heavy (non-hydrogen) atoms. The van der Waals surface area contributed by atoms with E-state index < -0.39 is 0 Å². The Kier molecular flexibility index (Phi) is 5.30. The summed E-state index contributed by atoms with van der Waals surface area (Å²) >= 11 is 0. The molecule has 100 valence electrons. The van der Waals surface area contributed by atoms with E-state index in [2.05, 4.69) is 24.2 Å². The highest BCUT2D eigenvalue weighted by Crippen LogP contribution is 2.27. The second kappa shape index (κ2) is 6.75. The van der Waals surface area contributed by atoms with Gasteiger partial charge in [-0.3, -0.25) is 0 Å². The van der Waals surface area contributed by atoms with Crippen LogP contribution in [-0.2, 0) is 0 Å². The van der Waals surface area contributed by atoms with Crippen molar-refractivity contribution in [2.24, 2.45) is 5.92 Å². The minimum Gasteiger partial charge on any atom is -0.317 e. The summed E-state index contributed by atoms with van der Waals surface area (Å²) in [5, 5.41) is 3.43. The van der Waals surface area contributed by atoms with Gasteiger partial charge in [-0.05, 0) is 52.2 Å². The molecule has 2 rings (SSSR count). The molecule has 1 aliphatic heterocycles. The van der Waals surface area contributed by atoms with Gasteiger partial charge in [0.15, 0.2) is 0 Å². The minimum absolute atomic E-state index is 0.760. The highest BCUT2D eigenvalue weighted by molar-refractivity contribution is 4.82. The lowest BCUT2D eigenvalue weighted by atomic mass is 9.86. The number of rotatable bonds is 4. The topological polar surface area (TPSA) is 15.3 Å². The SMILES string of the molecule is CNC1CCN(CCC2CCCCC2)C(C)C1. The number of hydrogen-bond acceptors (Lipinski definition) is 2. The molecule has 2 nitrogen and oxygen atoms in total. The molecule has 2 fully saturated rings. The maximum atomic E-state index is 3.43. The van der Waals surface area contributed by atoms with Crippen LogP contribution in [0.2, 0.25) is 0 Å². The van der Waals surface area contributed by atoms with Crippen molar-refractivity contribution in [3.63, 3.8) is 0 Å². The Hall–Kier alpha value is -0.0800. The normalized spacial score (nSPS) is 32.8. The summed E-state index contributed by atoms with van der Waals surface area (Å²) < 4.78 is 0. The van der Waals surface area contributed by atoms with Gasteiger partial charge < -0.3 is 10.2 Å². The van der Waals surface area contributed by atoms with E-state index in [1.807, 2.05) is 0 Å². The minimum atomic E-state index is 0.760. The molecule has 0 aromatic carbocycles. The molecule has 1 N–H and O–H groups in total. The van der Waals surface area contributed by atoms with Crippen molar-refractivity contribution < 1.29 is 0 Å². The van der Waals surface area contributed by atoms with Gasteiger partial charge in [-0.2, -0.15) is 0 Å². The van der Waals surface area contributed by atoms with Crippen LogP contribution in [-0.4, -0.2) is 37.1 Å². The predicted molar refractivity (Wildman–Crippen MR) is 74.3 cm³/mol. The number of piperidine rings is 1. The average Bonchev–Trinajstić information content (AvgIpc) is 2.38. The summed E-state index contributed by atoms with van der Waals surface area (Å²) in [5.74, 6) is 1.04. The third kappa shape index (κ3) is 3.96. The summed E-state index contributed by atoms with van der Waals surface area (Å²) in [7, 11) is 2.11. The van der Waals surface area contributed by atoms with E-state index >= 15 is 0 Å². The third-order valence-corrected chi connectivity index (χ3v) is 4.97. The smallest absolute Gasteiger partial charge is 0.00910 e. The lowest BCUT2D eigenvalue weighted by Crippen LogP contribution is -2.47. The summed E-state index contributed by atoms with van der Waals surface area (Å²) in [4.78, 5) is 2.72. The quantitative estimate of drug-likeness (QED) is 0.810. The summed E-state index contributed by atoms with van der Waals surface area (Å²) in [6.07, 6.45) is 11.6. The molecule has 2 atom stereocenters. The Morgan fingerprint density at radius 1 is 1.12 bits per heavy atom. The zero-order valence-corrected chi connectivity index (χ0v) is 11.8. The Morgan fingerprint density at radius 3 is 2.53 bits per heavy atom. The van der Waals surface area contributed by atoms with E-state index in [0.717, 1.165) is 18.0 Å². The summed E-state index contributed by atoms with van der Waals surface area (Å²) in [5.41, 5.74) is 0.